The summed E-state index contributed by atoms with van der Waals surface area (Å²) in [5, 5.41) is 24.2. The second-order valence-electron chi connectivity index (χ2n) is 4.82. The van der Waals surface area contributed by atoms with Gasteiger partial charge in [0.25, 0.3) is 11.6 Å². The predicted molar refractivity (Wildman–Crippen MR) is 85.1 cm³/mol. The van der Waals surface area contributed by atoms with Crippen molar-refractivity contribution in [2.75, 3.05) is 11.9 Å². The van der Waals surface area contributed by atoms with Crippen molar-refractivity contribution in [2.24, 2.45) is 0 Å². The SMILES string of the molecule is Cc1ccc(NC(=O)COc2ccccc2[N+](=O)[O-])cc1[N+](=O)[O-]. The van der Waals surface area contributed by atoms with Crippen LogP contribution in [0.4, 0.5) is 17.1 Å². The minimum atomic E-state index is -0.615. The van der Waals surface area contributed by atoms with E-state index >= 15 is 0 Å². The molecule has 2 aromatic carbocycles. The number of hydrogen-bond donors (Lipinski definition) is 1. The molecule has 2 rings (SSSR count). The third kappa shape index (κ3) is 4.03. The number of nitrogens with one attached hydrogen (secondary N) is 1. The zero-order chi connectivity index (χ0) is 17.7. The highest BCUT2D eigenvalue weighted by Crippen LogP contribution is 2.26. The molecule has 0 unspecified atom stereocenters. The van der Waals surface area contributed by atoms with E-state index in [1.54, 1.807) is 13.0 Å². The van der Waals surface area contributed by atoms with E-state index in [9.17, 15) is 25.0 Å². The molecule has 0 bridgehead atoms. The van der Waals surface area contributed by atoms with Crippen LogP contribution in [0.3, 0.4) is 0 Å². The van der Waals surface area contributed by atoms with Crippen LogP contribution in [-0.4, -0.2) is 22.4 Å². The van der Waals surface area contributed by atoms with Crippen LogP contribution in [0.25, 0.3) is 0 Å². The summed E-state index contributed by atoms with van der Waals surface area (Å²) in [4.78, 5) is 32.4. The fourth-order valence-electron chi connectivity index (χ4n) is 1.95. The number of anilines is 1. The minimum Gasteiger partial charge on any atom is -0.477 e. The zero-order valence-electron chi connectivity index (χ0n) is 12.6. The molecule has 0 saturated carbocycles. The molecule has 0 fully saturated rings. The molecule has 0 atom stereocenters. The average molecular weight is 331 g/mol. The van der Waals surface area contributed by atoms with Gasteiger partial charge in [-0.2, -0.15) is 0 Å². The Morgan fingerprint density at radius 1 is 1.08 bits per heavy atom. The number of para-hydroxylation sites is 2. The lowest BCUT2D eigenvalue weighted by Gasteiger charge is -2.08. The van der Waals surface area contributed by atoms with Crippen LogP contribution >= 0.6 is 0 Å². The molecule has 0 radical (unpaired) electrons. The number of aryl methyl sites for hydroxylation is 1. The maximum Gasteiger partial charge on any atom is 0.310 e. The Kier molecular flexibility index (Phi) is 5.05. The molecular formula is C15H13N3O6. The van der Waals surface area contributed by atoms with E-state index < -0.39 is 22.4 Å². The molecule has 1 N–H and O–H groups in total. The molecule has 0 aliphatic carbocycles. The molecule has 24 heavy (non-hydrogen) atoms. The molecule has 9 nitrogen and oxygen atoms in total. The van der Waals surface area contributed by atoms with Crippen molar-refractivity contribution in [3.05, 3.63) is 68.3 Å². The molecule has 0 aliphatic rings. The van der Waals surface area contributed by atoms with Gasteiger partial charge in [0, 0.05) is 23.4 Å². The van der Waals surface area contributed by atoms with E-state index in [4.69, 9.17) is 4.74 Å². The van der Waals surface area contributed by atoms with E-state index in [0.29, 0.717) is 5.56 Å². The standard InChI is InChI=1S/C15H13N3O6/c1-10-6-7-11(8-13(10)18(22)23)16-15(19)9-24-14-5-3-2-4-12(14)17(20)21/h2-8H,9H2,1H3,(H,16,19). The Balaban J connectivity index is 2.03. The van der Waals surface area contributed by atoms with Crippen LogP contribution in [0.15, 0.2) is 42.5 Å². The number of amides is 1. The summed E-state index contributed by atoms with van der Waals surface area (Å²) in [5.41, 5.74) is 0.335. The molecule has 2 aromatic rings. The molecule has 0 heterocycles. The van der Waals surface area contributed by atoms with Gasteiger partial charge in [-0.25, -0.2) is 0 Å². The summed E-state index contributed by atoms with van der Waals surface area (Å²) in [6.45, 7) is 1.12. The summed E-state index contributed by atoms with van der Waals surface area (Å²) >= 11 is 0. The Labute approximate surface area is 136 Å². The highest BCUT2D eigenvalue weighted by atomic mass is 16.6. The first-order valence-corrected chi connectivity index (χ1v) is 6.79. The lowest BCUT2D eigenvalue weighted by atomic mass is 10.2. The van der Waals surface area contributed by atoms with Gasteiger partial charge in [-0.3, -0.25) is 25.0 Å². The third-order valence-corrected chi connectivity index (χ3v) is 3.11. The van der Waals surface area contributed by atoms with Crippen molar-refractivity contribution in [1.29, 1.82) is 0 Å². The van der Waals surface area contributed by atoms with Gasteiger partial charge in [-0.1, -0.05) is 18.2 Å². The summed E-state index contributed by atoms with van der Waals surface area (Å²) in [6.07, 6.45) is 0. The van der Waals surface area contributed by atoms with E-state index in [0.717, 1.165) is 0 Å². The van der Waals surface area contributed by atoms with Crippen molar-refractivity contribution in [3.63, 3.8) is 0 Å². The number of carbonyl (C=O) groups excluding carboxylic acids is 1. The second kappa shape index (κ2) is 7.18. The van der Waals surface area contributed by atoms with Crippen LogP contribution in [-0.2, 0) is 4.79 Å². The first-order chi connectivity index (χ1) is 11.4. The molecular weight excluding hydrogens is 318 g/mol. The predicted octanol–water partition coefficient (Wildman–Crippen LogP) is 2.83. The lowest BCUT2D eigenvalue weighted by molar-refractivity contribution is -0.385. The second-order valence-corrected chi connectivity index (χ2v) is 4.82. The average Bonchev–Trinajstić information content (AvgIpc) is 2.54. The van der Waals surface area contributed by atoms with E-state index in [1.807, 2.05) is 0 Å². The number of nitro benzene ring substituents is 2. The Morgan fingerprint density at radius 2 is 1.75 bits per heavy atom. The highest BCUT2D eigenvalue weighted by Gasteiger charge is 2.16. The normalized spacial score (nSPS) is 10.0. The van der Waals surface area contributed by atoms with E-state index in [-0.39, 0.29) is 22.8 Å². The molecule has 0 saturated heterocycles. The molecule has 9 heteroatoms. The number of rotatable bonds is 6. The van der Waals surface area contributed by atoms with Crippen LogP contribution in [0.5, 0.6) is 5.75 Å². The molecule has 0 spiro atoms. The first kappa shape index (κ1) is 16.9. The van der Waals surface area contributed by atoms with Gasteiger partial charge in [-0.15, -0.1) is 0 Å². The van der Waals surface area contributed by atoms with Crippen molar-refractivity contribution >= 4 is 23.0 Å². The Morgan fingerprint density at radius 3 is 2.42 bits per heavy atom. The summed E-state index contributed by atoms with van der Waals surface area (Å²) in [6, 6.07) is 9.93. The van der Waals surface area contributed by atoms with Gasteiger partial charge in [0.05, 0.1) is 9.85 Å². The van der Waals surface area contributed by atoms with Crippen molar-refractivity contribution in [3.8, 4) is 5.75 Å². The summed E-state index contributed by atoms with van der Waals surface area (Å²) < 4.78 is 5.15. The Bertz CT molecular complexity index is 806. The fraction of sp³-hybridized carbons (Fsp3) is 0.133. The van der Waals surface area contributed by atoms with Gasteiger partial charge in [0.2, 0.25) is 0 Å². The van der Waals surface area contributed by atoms with Crippen molar-refractivity contribution in [1.82, 2.24) is 0 Å². The number of nitro groups is 2. The van der Waals surface area contributed by atoms with Crippen LogP contribution in [0, 0.1) is 27.2 Å². The zero-order valence-corrected chi connectivity index (χ0v) is 12.6. The number of ether oxygens (including phenoxy) is 1. The summed E-state index contributed by atoms with van der Waals surface area (Å²) in [5.74, 6) is -0.626. The number of nitrogens with zero attached hydrogens (tertiary/aromatic N) is 2. The quantitative estimate of drug-likeness (QED) is 0.641. The van der Waals surface area contributed by atoms with Crippen LogP contribution < -0.4 is 10.1 Å². The molecule has 0 aliphatic heterocycles. The smallest absolute Gasteiger partial charge is 0.310 e. The maximum absolute atomic E-state index is 11.9. The monoisotopic (exact) mass is 331 g/mol. The number of carbonyl (C=O) groups is 1. The van der Waals surface area contributed by atoms with Gasteiger partial charge in [0.1, 0.15) is 0 Å². The van der Waals surface area contributed by atoms with Crippen molar-refractivity contribution in [2.45, 2.75) is 6.92 Å². The van der Waals surface area contributed by atoms with Gasteiger partial charge in [-0.05, 0) is 19.1 Å². The van der Waals surface area contributed by atoms with Crippen molar-refractivity contribution < 1.29 is 19.4 Å². The maximum atomic E-state index is 11.9. The van der Waals surface area contributed by atoms with Gasteiger partial charge in [0.15, 0.2) is 12.4 Å². The van der Waals surface area contributed by atoms with E-state index in [1.165, 1.54) is 36.4 Å². The van der Waals surface area contributed by atoms with E-state index in [2.05, 4.69) is 5.32 Å². The Hall–Kier alpha value is -3.49. The summed E-state index contributed by atoms with van der Waals surface area (Å²) in [7, 11) is 0. The first-order valence-electron chi connectivity index (χ1n) is 6.79. The van der Waals surface area contributed by atoms with Crippen LogP contribution in [0.1, 0.15) is 5.56 Å². The van der Waals surface area contributed by atoms with Gasteiger partial charge < -0.3 is 10.1 Å². The minimum absolute atomic E-state index is 0.0347. The molecule has 124 valence electrons. The van der Waals surface area contributed by atoms with Crippen LogP contribution in [0.2, 0.25) is 0 Å². The topological polar surface area (TPSA) is 125 Å². The largest absolute Gasteiger partial charge is 0.477 e. The number of benzene rings is 2. The van der Waals surface area contributed by atoms with Gasteiger partial charge >= 0.3 is 5.69 Å². The third-order valence-electron chi connectivity index (χ3n) is 3.11. The fourth-order valence-corrected chi connectivity index (χ4v) is 1.95. The lowest BCUT2D eigenvalue weighted by Crippen LogP contribution is -2.20. The molecule has 1 amide bonds. The number of hydrogen-bond acceptors (Lipinski definition) is 6. The molecule has 0 aromatic heterocycles. The highest BCUT2D eigenvalue weighted by molar-refractivity contribution is 5.92.